The number of rotatable bonds is 5. The standard InChI is InChI=1S/C46H34N2/c1-31-44(30-47-45(48-31)35-13-4-2-5-14-35)46(39-16-6-3-7-17-39)42-19-11-10-18-40(42)41-27-26-38(29-43(41)46)34-22-20-33(21-23-34)37-25-24-32-12-8-9-15-36(32)28-37/h2-30,41,43H,1H3. The van der Waals surface area contributed by atoms with Crippen LogP contribution in [0.4, 0.5) is 0 Å². The van der Waals surface area contributed by atoms with E-state index < -0.39 is 5.41 Å². The molecular formula is C46H34N2. The van der Waals surface area contributed by atoms with Gasteiger partial charge < -0.3 is 0 Å². The maximum atomic E-state index is 5.15. The summed E-state index contributed by atoms with van der Waals surface area (Å²) in [7, 11) is 0. The molecule has 0 spiro atoms. The van der Waals surface area contributed by atoms with E-state index in [1.807, 2.05) is 18.2 Å². The second kappa shape index (κ2) is 11.4. The summed E-state index contributed by atoms with van der Waals surface area (Å²) in [6, 6.07) is 54.6. The van der Waals surface area contributed by atoms with E-state index in [9.17, 15) is 0 Å². The minimum absolute atomic E-state index is 0.141. The van der Waals surface area contributed by atoms with Gasteiger partial charge in [-0.05, 0) is 62.7 Å². The first-order valence-electron chi connectivity index (χ1n) is 16.7. The zero-order valence-electron chi connectivity index (χ0n) is 26.8. The van der Waals surface area contributed by atoms with Gasteiger partial charge in [-0.15, -0.1) is 0 Å². The predicted molar refractivity (Wildman–Crippen MR) is 198 cm³/mol. The molecule has 7 aromatic rings. The van der Waals surface area contributed by atoms with Crippen molar-refractivity contribution in [1.29, 1.82) is 0 Å². The molecule has 2 nitrogen and oxygen atoms in total. The van der Waals surface area contributed by atoms with Crippen molar-refractivity contribution in [2.45, 2.75) is 18.3 Å². The third-order valence-corrected chi connectivity index (χ3v) is 10.4. The Balaban J connectivity index is 1.18. The molecule has 48 heavy (non-hydrogen) atoms. The molecule has 0 N–H and O–H groups in total. The van der Waals surface area contributed by atoms with Gasteiger partial charge >= 0.3 is 0 Å². The van der Waals surface area contributed by atoms with Gasteiger partial charge in [0.05, 0.1) is 5.41 Å². The Morgan fingerprint density at radius 3 is 2.02 bits per heavy atom. The number of hydrogen-bond acceptors (Lipinski definition) is 2. The fourth-order valence-electron chi connectivity index (χ4n) is 8.22. The molecule has 2 aliphatic rings. The van der Waals surface area contributed by atoms with Crippen LogP contribution >= 0.6 is 0 Å². The normalized spacial score (nSPS) is 19.5. The van der Waals surface area contributed by atoms with E-state index in [1.165, 1.54) is 49.7 Å². The van der Waals surface area contributed by atoms with Crippen LogP contribution in [-0.4, -0.2) is 9.97 Å². The molecule has 228 valence electrons. The average Bonchev–Trinajstić information content (AvgIpc) is 3.45. The summed E-state index contributed by atoms with van der Waals surface area (Å²) in [4.78, 5) is 10.2. The summed E-state index contributed by atoms with van der Waals surface area (Å²) in [6.45, 7) is 2.15. The van der Waals surface area contributed by atoms with Crippen LogP contribution in [0.1, 0.15) is 39.4 Å². The van der Waals surface area contributed by atoms with Gasteiger partial charge in [-0.2, -0.15) is 0 Å². The summed E-state index contributed by atoms with van der Waals surface area (Å²) in [6.07, 6.45) is 9.37. The van der Waals surface area contributed by atoms with Crippen LogP contribution in [0.15, 0.2) is 176 Å². The SMILES string of the molecule is Cc1nc(-c2ccccc2)ncc1C1(c2ccccc2)c2ccccc2C2C=CC(c3ccc(-c4ccc5ccccc5c4)cc3)=CC21. The number of aromatic nitrogens is 2. The molecule has 0 saturated heterocycles. The van der Waals surface area contributed by atoms with Gasteiger partial charge in [-0.1, -0.05) is 164 Å². The van der Waals surface area contributed by atoms with Crippen molar-refractivity contribution in [2.75, 3.05) is 0 Å². The predicted octanol–water partition coefficient (Wildman–Crippen LogP) is 11.0. The van der Waals surface area contributed by atoms with Gasteiger partial charge in [0, 0.05) is 34.9 Å². The number of nitrogens with zero attached hydrogens (tertiary/aromatic N) is 2. The van der Waals surface area contributed by atoms with Gasteiger partial charge in [-0.3, -0.25) is 0 Å². The molecule has 1 heterocycles. The van der Waals surface area contributed by atoms with E-state index in [0.717, 1.165) is 22.6 Å². The molecule has 0 bridgehead atoms. The fourth-order valence-corrected chi connectivity index (χ4v) is 8.22. The minimum atomic E-state index is -0.455. The van der Waals surface area contributed by atoms with E-state index in [1.54, 1.807) is 0 Å². The molecule has 6 aromatic carbocycles. The number of aryl methyl sites for hydroxylation is 1. The lowest BCUT2D eigenvalue weighted by molar-refractivity contribution is 0.453. The number of fused-ring (bicyclic) bond motifs is 4. The highest BCUT2D eigenvalue weighted by Gasteiger charge is 2.54. The minimum Gasteiger partial charge on any atom is -0.236 e. The summed E-state index contributed by atoms with van der Waals surface area (Å²) in [5.41, 5.74) is 11.6. The van der Waals surface area contributed by atoms with Crippen molar-refractivity contribution in [3.8, 4) is 22.5 Å². The van der Waals surface area contributed by atoms with Crippen LogP contribution in [0.2, 0.25) is 0 Å². The van der Waals surface area contributed by atoms with Crippen LogP contribution < -0.4 is 0 Å². The van der Waals surface area contributed by atoms with E-state index in [0.29, 0.717) is 0 Å². The lowest BCUT2D eigenvalue weighted by Crippen LogP contribution is -2.36. The molecule has 0 fully saturated rings. The van der Waals surface area contributed by atoms with Crippen LogP contribution in [0.3, 0.4) is 0 Å². The first kappa shape index (κ1) is 28.4. The highest BCUT2D eigenvalue weighted by molar-refractivity contribution is 5.88. The number of hydrogen-bond donors (Lipinski definition) is 0. The van der Waals surface area contributed by atoms with E-state index >= 15 is 0 Å². The Morgan fingerprint density at radius 2 is 1.23 bits per heavy atom. The first-order chi connectivity index (χ1) is 23.7. The van der Waals surface area contributed by atoms with Gasteiger partial charge in [-0.25, -0.2) is 9.97 Å². The molecular weight excluding hydrogens is 581 g/mol. The topological polar surface area (TPSA) is 25.8 Å². The summed E-state index contributed by atoms with van der Waals surface area (Å²) >= 11 is 0. The molecule has 0 saturated carbocycles. The molecule has 0 aliphatic heterocycles. The zero-order chi connectivity index (χ0) is 32.1. The Labute approximate surface area is 281 Å². The van der Waals surface area contributed by atoms with Gasteiger partial charge in [0.1, 0.15) is 0 Å². The smallest absolute Gasteiger partial charge is 0.159 e. The van der Waals surface area contributed by atoms with Crippen LogP contribution in [0.5, 0.6) is 0 Å². The lowest BCUT2D eigenvalue weighted by atomic mass is 9.62. The van der Waals surface area contributed by atoms with Gasteiger partial charge in [0.2, 0.25) is 0 Å². The van der Waals surface area contributed by atoms with E-state index in [4.69, 9.17) is 9.97 Å². The zero-order valence-corrected chi connectivity index (χ0v) is 26.8. The monoisotopic (exact) mass is 614 g/mol. The molecule has 0 amide bonds. The van der Waals surface area contributed by atoms with E-state index in [-0.39, 0.29) is 11.8 Å². The summed E-state index contributed by atoms with van der Waals surface area (Å²) in [5.74, 6) is 1.13. The van der Waals surface area contributed by atoms with Crippen molar-refractivity contribution in [3.63, 3.8) is 0 Å². The average molecular weight is 615 g/mol. The lowest BCUT2D eigenvalue weighted by Gasteiger charge is -2.39. The molecule has 3 unspecified atom stereocenters. The maximum Gasteiger partial charge on any atom is 0.159 e. The molecule has 1 aromatic heterocycles. The Bertz CT molecular complexity index is 2350. The van der Waals surface area contributed by atoms with E-state index in [2.05, 4.69) is 165 Å². The number of allylic oxidation sites excluding steroid dienone is 4. The second-order valence-corrected chi connectivity index (χ2v) is 13.0. The highest BCUT2D eigenvalue weighted by Crippen LogP contribution is 2.60. The van der Waals surface area contributed by atoms with Crippen molar-refractivity contribution < 1.29 is 0 Å². The summed E-state index contributed by atoms with van der Waals surface area (Å²) in [5, 5.41) is 2.52. The van der Waals surface area contributed by atoms with Crippen LogP contribution in [-0.2, 0) is 5.41 Å². The molecule has 3 atom stereocenters. The first-order valence-corrected chi connectivity index (χ1v) is 16.7. The Kier molecular flexibility index (Phi) is 6.76. The largest absolute Gasteiger partial charge is 0.236 e. The van der Waals surface area contributed by atoms with Crippen LogP contribution in [0.25, 0.3) is 38.9 Å². The fraction of sp³-hybridized carbons (Fsp3) is 0.0870. The quantitative estimate of drug-likeness (QED) is 0.193. The van der Waals surface area contributed by atoms with Crippen molar-refractivity contribution >= 4 is 16.3 Å². The van der Waals surface area contributed by atoms with Crippen molar-refractivity contribution in [3.05, 3.63) is 210 Å². The Morgan fingerprint density at radius 1 is 0.562 bits per heavy atom. The van der Waals surface area contributed by atoms with Crippen molar-refractivity contribution in [1.82, 2.24) is 9.97 Å². The van der Waals surface area contributed by atoms with Crippen LogP contribution in [0, 0.1) is 12.8 Å². The second-order valence-electron chi connectivity index (χ2n) is 13.0. The summed E-state index contributed by atoms with van der Waals surface area (Å²) < 4.78 is 0. The van der Waals surface area contributed by atoms with Crippen molar-refractivity contribution in [2.24, 2.45) is 5.92 Å². The third-order valence-electron chi connectivity index (χ3n) is 10.4. The molecule has 0 radical (unpaired) electrons. The molecule has 2 heteroatoms. The van der Waals surface area contributed by atoms with Gasteiger partial charge in [0.25, 0.3) is 0 Å². The molecule has 2 aliphatic carbocycles. The number of benzene rings is 6. The van der Waals surface area contributed by atoms with Gasteiger partial charge in [0.15, 0.2) is 5.82 Å². The Hall–Kier alpha value is -5.86. The molecule has 9 rings (SSSR count). The maximum absolute atomic E-state index is 5.15. The highest BCUT2D eigenvalue weighted by atomic mass is 14.9. The third kappa shape index (κ3) is 4.48.